The molecular formula is C75H148N2O6P+. The number of unbranched alkanes of at least 4 members (excludes halogenated alkanes) is 53. The largest absolute Gasteiger partial charge is 0.472 e. The predicted molar refractivity (Wildman–Crippen MR) is 369 cm³/mol. The lowest BCUT2D eigenvalue weighted by Crippen LogP contribution is -2.45. The Morgan fingerprint density at radius 2 is 0.679 bits per heavy atom. The number of hydrogen-bond acceptors (Lipinski definition) is 5. The van der Waals surface area contributed by atoms with Crippen molar-refractivity contribution in [2.24, 2.45) is 0 Å². The molecule has 3 unspecified atom stereocenters. The summed E-state index contributed by atoms with van der Waals surface area (Å²) in [5.41, 5.74) is 0. The third-order valence-corrected chi connectivity index (χ3v) is 18.3. The van der Waals surface area contributed by atoms with Crippen molar-refractivity contribution >= 4 is 13.7 Å². The van der Waals surface area contributed by atoms with E-state index in [9.17, 15) is 19.4 Å². The molecule has 84 heavy (non-hydrogen) atoms. The zero-order valence-electron chi connectivity index (χ0n) is 57.2. The molecule has 0 saturated heterocycles. The van der Waals surface area contributed by atoms with E-state index in [1.54, 1.807) is 6.08 Å². The first kappa shape index (κ1) is 82.7. The molecule has 3 N–H and O–H groups in total. The molecule has 9 heteroatoms. The number of aliphatic hydroxyl groups is 1. The fourth-order valence-corrected chi connectivity index (χ4v) is 12.3. The molecule has 0 aliphatic heterocycles. The average molecular weight is 1200 g/mol. The van der Waals surface area contributed by atoms with Crippen LogP contribution in [-0.4, -0.2) is 73.4 Å². The minimum Gasteiger partial charge on any atom is -0.387 e. The summed E-state index contributed by atoms with van der Waals surface area (Å²) in [5, 5.41) is 14.0. The summed E-state index contributed by atoms with van der Waals surface area (Å²) in [6.07, 6.45) is 88.9. The molecule has 0 rings (SSSR count). The van der Waals surface area contributed by atoms with Crippen LogP contribution in [0.15, 0.2) is 36.5 Å². The molecule has 0 aliphatic rings. The molecule has 0 saturated carbocycles. The molecule has 0 fully saturated rings. The first-order valence-electron chi connectivity index (χ1n) is 37.4. The summed E-state index contributed by atoms with van der Waals surface area (Å²) in [7, 11) is 1.59. The van der Waals surface area contributed by atoms with Gasteiger partial charge in [-0.15, -0.1) is 0 Å². The van der Waals surface area contributed by atoms with Crippen LogP contribution in [0.5, 0.6) is 0 Å². The minimum atomic E-state index is -4.35. The minimum absolute atomic E-state index is 0.0643. The van der Waals surface area contributed by atoms with Gasteiger partial charge in [-0.1, -0.05) is 365 Å². The van der Waals surface area contributed by atoms with Gasteiger partial charge in [-0.3, -0.25) is 13.8 Å². The van der Waals surface area contributed by atoms with E-state index < -0.39 is 20.0 Å². The Balaban J connectivity index is 3.93. The predicted octanol–water partition coefficient (Wildman–Crippen LogP) is 24.0. The lowest BCUT2D eigenvalue weighted by molar-refractivity contribution is -0.870. The molecule has 498 valence electrons. The Hall–Kier alpha value is -1.28. The smallest absolute Gasteiger partial charge is 0.387 e. The van der Waals surface area contributed by atoms with Crippen LogP contribution < -0.4 is 5.32 Å². The number of likely N-dealkylation sites (N-methyl/N-ethyl adjacent to an activating group) is 1. The number of phosphoric ester groups is 1. The number of rotatable bonds is 70. The highest BCUT2D eigenvalue weighted by Gasteiger charge is 2.28. The Morgan fingerprint density at radius 3 is 0.976 bits per heavy atom. The van der Waals surface area contributed by atoms with Crippen LogP contribution in [0.3, 0.4) is 0 Å². The van der Waals surface area contributed by atoms with Crippen LogP contribution >= 0.6 is 7.82 Å². The van der Waals surface area contributed by atoms with Crippen LogP contribution in [0.4, 0.5) is 0 Å². The van der Waals surface area contributed by atoms with E-state index in [1.807, 2.05) is 27.2 Å². The summed E-state index contributed by atoms with van der Waals surface area (Å²) < 4.78 is 23.8. The van der Waals surface area contributed by atoms with Crippen LogP contribution in [-0.2, 0) is 18.4 Å². The first-order chi connectivity index (χ1) is 41.0. The van der Waals surface area contributed by atoms with E-state index in [1.165, 1.54) is 327 Å². The maximum Gasteiger partial charge on any atom is 0.472 e. The molecule has 0 spiro atoms. The van der Waals surface area contributed by atoms with Gasteiger partial charge in [0, 0.05) is 6.42 Å². The van der Waals surface area contributed by atoms with Gasteiger partial charge in [0.2, 0.25) is 5.91 Å². The van der Waals surface area contributed by atoms with Crippen molar-refractivity contribution in [1.82, 2.24) is 5.32 Å². The summed E-state index contributed by atoms with van der Waals surface area (Å²) in [4.78, 5) is 23.4. The zero-order chi connectivity index (χ0) is 61.2. The highest BCUT2D eigenvalue weighted by molar-refractivity contribution is 7.47. The number of carbonyl (C=O) groups is 1. The maximum atomic E-state index is 13.1. The highest BCUT2D eigenvalue weighted by Crippen LogP contribution is 2.43. The number of nitrogens with zero attached hydrogens (tertiary/aromatic N) is 1. The van der Waals surface area contributed by atoms with Crippen molar-refractivity contribution in [3.63, 3.8) is 0 Å². The lowest BCUT2D eigenvalue weighted by atomic mass is 10.0. The second-order valence-electron chi connectivity index (χ2n) is 27.0. The van der Waals surface area contributed by atoms with Gasteiger partial charge in [0.05, 0.1) is 39.9 Å². The van der Waals surface area contributed by atoms with Gasteiger partial charge in [0.15, 0.2) is 0 Å². The first-order valence-corrected chi connectivity index (χ1v) is 38.9. The van der Waals surface area contributed by atoms with Crippen molar-refractivity contribution in [3.8, 4) is 0 Å². The van der Waals surface area contributed by atoms with E-state index in [2.05, 4.69) is 43.5 Å². The lowest BCUT2D eigenvalue weighted by Gasteiger charge is -2.25. The van der Waals surface area contributed by atoms with Crippen molar-refractivity contribution < 1.29 is 32.9 Å². The fourth-order valence-electron chi connectivity index (χ4n) is 11.5. The normalized spacial score (nSPS) is 13.8. The average Bonchev–Trinajstić information content (AvgIpc) is 3.56. The Morgan fingerprint density at radius 1 is 0.405 bits per heavy atom. The standard InChI is InChI=1S/C75H147N2O6P/c1-6-8-10-12-14-16-18-20-22-24-26-28-30-31-32-33-34-35-36-37-38-39-40-41-42-43-44-45-47-49-51-53-55-57-59-61-63-65-67-69-75(79)76-73(72-83-84(80,81)82-71-70-77(3,4)5)74(78)68-66-64-62-60-58-56-54-52-50-48-46-29-27-25-23-21-19-17-15-13-11-9-7-2/h18,20,24,26,66,68,73-74,78H,6-17,19,21-23,25,27-65,67,69-72H2,1-5H3,(H-,76,79,80,81)/p+1/b20-18-,26-24-,68-66+. The van der Waals surface area contributed by atoms with E-state index in [4.69, 9.17) is 9.05 Å². The summed E-state index contributed by atoms with van der Waals surface area (Å²) in [6, 6.07) is -0.846. The molecule has 0 bridgehead atoms. The monoisotopic (exact) mass is 1200 g/mol. The van der Waals surface area contributed by atoms with Crippen molar-refractivity contribution in [2.45, 2.75) is 398 Å². The van der Waals surface area contributed by atoms with Crippen LogP contribution in [0, 0.1) is 0 Å². The number of hydrogen-bond donors (Lipinski definition) is 3. The van der Waals surface area contributed by atoms with E-state index >= 15 is 0 Å². The fraction of sp³-hybridized carbons (Fsp3) is 0.907. The van der Waals surface area contributed by atoms with Crippen molar-refractivity contribution in [1.29, 1.82) is 0 Å². The number of amides is 1. The highest BCUT2D eigenvalue weighted by atomic mass is 31.2. The molecule has 0 aromatic carbocycles. The van der Waals surface area contributed by atoms with Crippen LogP contribution in [0.25, 0.3) is 0 Å². The SMILES string of the molecule is CCCCCCC/C=C\C/C=C\CCCCCCCCCCCCCCCCCCCCCCCCCCCCCC(=O)NC(COP(=O)(O)OCC[N+](C)(C)C)C(O)/C=C/CCCCCCCCCCCCCCCCCCCCCCC. The number of carbonyl (C=O) groups excluding carboxylic acids is 1. The topological polar surface area (TPSA) is 105 Å². The summed E-state index contributed by atoms with van der Waals surface area (Å²) in [6.45, 7) is 4.87. The Labute approximate surface area is 525 Å². The molecule has 0 heterocycles. The number of nitrogens with one attached hydrogen (secondary N) is 1. The van der Waals surface area contributed by atoms with E-state index in [-0.39, 0.29) is 19.1 Å². The van der Waals surface area contributed by atoms with Crippen LogP contribution in [0.1, 0.15) is 386 Å². The van der Waals surface area contributed by atoms with Gasteiger partial charge in [-0.25, -0.2) is 4.57 Å². The van der Waals surface area contributed by atoms with Crippen molar-refractivity contribution in [3.05, 3.63) is 36.5 Å². The van der Waals surface area contributed by atoms with Crippen molar-refractivity contribution in [2.75, 3.05) is 40.9 Å². The van der Waals surface area contributed by atoms with Gasteiger partial charge < -0.3 is 19.8 Å². The molecule has 0 aliphatic carbocycles. The number of phosphoric acid groups is 1. The van der Waals surface area contributed by atoms with Gasteiger partial charge in [-0.05, 0) is 51.4 Å². The Bertz CT molecular complexity index is 1460. The maximum absolute atomic E-state index is 13.1. The quantitative estimate of drug-likeness (QED) is 0.0243. The molecule has 1 amide bonds. The van der Waals surface area contributed by atoms with Gasteiger partial charge in [0.25, 0.3) is 0 Å². The second-order valence-corrected chi connectivity index (χ2v) is 28.5. The van der Waals surface area contributed by atoms with Gasteiger partial charge in [0.1, 0.15) is 13.2 Å². The molecule has 8 nitrogen and oxygen atoms in total. The molecule has 0 radical (unpaired) electrons. The van der Waals surface area contributed by atoms with Gasteiger partial charge >= 0.3 is 7.82 Å². The number of aliphatic hydroxyl groups excluding tert-OH is 1. The zero-order valence-corrected chi connectivity index (χ0v) is 58.1. The number of allylic oxidation sites excluding steroid dienone is 5. The molecule has 3 atom stereocenters. The van der Waals surface area contributed by atoms with E-state index in [0.29, 0.717) is 17.4 Å². The summed E-state index contributed by atoms with van der Waals surface area (Å²) >= 11 is 0. The third-order valence-electron chi connectivity index (χ3n) is 17.4. The van der Waals surface area contributed by atoms with E-state index in [0.717, 1.165) is 38.5 Å². The second kappa shape index (κ2) is 66.1. The van der Waals surface area contributed by atoms with Gasteiger partial charge in [-0.2, -0.15) is 0 Å². The summed E-state index contributed by atoms with van der Waals surface area (Å²) in [5.74, 6) is -0.168. The number of quaternary nitrogens is 1. The molecular weight excluding hydrogens is 1060 g/mol. The Kier molecular flexibility index (Phi) is 65.1. The molecule has 0 aromatic heterocycles. The van der Waals surface area contributed by atoms with Crippen LogP contribution in [0.2, 0.25) is 0 Å². The third kappa shape index (κ3) is 68.2. The molecule has 0 aromatic rings.